The van der Waals surface area contributed by atoms with Gasteiger partial charge in [0.1, 0.15) is 0 Å². The van der Waals surface area contributed by atoms with E-state index in [9.17, 15) is 18.0 Å². The van der Waals surface area contributed by atoms with Crippen molar-refractivity contribution in [3.05, 3.63) is 0 Å². The molecule has 0 aromatic heterocycles. The molecule has 7 heteroatoms. The third kappa shape index (κ3) is 9.23. The molecule has 0 fully saturated rings. The highest BCUT2D eigenvalue weighted by Gasteiger charge is 2.26. The van der Waals surface area contributed by atoms with Crippen molar-refractivity contribution in [1.29, 1.82) is 0 Å². The fourth-order valence-electron chi connectivity index (χ4n) is 1.46. The van der Waals surface area contributed by atoms with E-state index in [-0.39, 0.29) is 12.5 Å². The third-order valence-corrected chi connectivity index (χ3v) is 2.37. The third-order valence-electron chi connectivity index (χ3n) is 2.37. The molecule has 0 spiro atoms. The summed E-state index contributed by atoms with van der Waals surface area (Å²) in [6.45, 7) is 2.35. The van der Waals surface area contributed by atoms with Crippen LogP contribution in [0.25, 0.3) is 0 Å². The van der Waals surface area contributed by atoms with Crippen LogP contribution < -0.4 is 5.32 Å². The fourth-order valence-corrected chi connectivity index (χ4v) is 1.46. The Bertz CT molecular complexity index is 244. The number of nitrogens with zero attached hydrogens (tertiary/aromatic N) is 2. The standard InChI is InChI=1S/C11H22F3N3O/c1-4-17(7-5-6-16(2)3)10(18)8-15-9-11(12,13)14/h15H,4-9H2,1-3H3. The molecule has 0 bridgehead atoms. The molecule has 0 aliphatic rings. The molecule has 0 aromatic rings. The molecule has 0 radical (unpaired) electrons. The lowest BCUT2D eigenvalue weighted by Crippen LogP contribution is -2.41. The highest BCUT2D eigenvalue weighted by Crippen LogP contribution is 2.11. The molecule has 0 saturated carbocycles. The molecule has 0 saturated heterocycles. The summed E-state index contributed by atoms with van der Waals surface area (Å²) in [4.78, 5) is 15.2. The van der Waals surface area contributed by atoms with Crippen molar-refractivity contribution >= 4 is 5.91 Å². The Labute approximate surface area is 106 Å². The molecule has 4 nitrogen and oxygen atoms in total. The Balaban J connectivity index is 3.89. The van der Waals surface area contributed by atoms with E-state index < -0.39 is 12.7 Å². The molecule has 0 unspecified atom stereocenters. The van der Waals surface area contributed by atoms with Gasteiger partial charge in [0.15, 0.2) is 0 Å². The van der Waals surface area contributed by atoms with E-state index in [0.717, 1.165) is 13.0 Å². The van der Waals surface area contributed by atoms with Gasteiger partial charge in [0.2, 0.25) is 5.91 Å². The number of rotatable bonds is 8. The summed E-state index contributed by atoms with van der Waals surface area (Å²) in [5.41, 5.74) is 0. The monoisotopic (exact) mass is 269 g/mol. The van der Waals surface area contributed by atoms with Crippen LogP contribution >= 0.6 is 0 Å². The van der Waals surface area contributed by atoms with E-state index in [1.807, 2.05) is 25.9 Å². The maximum atomic E-state index is 11.9. The Morgan fingerprint density at radius 1 is 1.22 bits per heavy atom. The van der Waals surface area contributed by atoms with Crippen LogP contribution in [0.1, 0.15) is 13.3 Å². The molecule has 0 rings (SSSR count). The number of halogens is 3. The summed E-state index contributed by atoms with van der Waals surface area (Å²) in [5, 5.41) is 2.11. The van der Waals surface area contributed by atoms with Gasteiger partial charge >= 0.3 is 6.18 Å². The van der Waals surface area contributed by atoms with E-state index in [2.05, 4.69) is 5.32 Å². The highest BCUT2D eigenvalue weighted by molar-refractivity contribution is 5.78. The second-order valence-corrected chi connectivity index (χ2v) is 4.35. The maximum absolute atomic E-state index is 11.9. The van der Waals surface area contributed by atoms with Crippen LogP contribution in [-0.2, 0) is 4.79 Å². The Kier molecular flexibility index (Phi) is 7.93. The van der Waals surface area contributed by atoms with Crippen LogP contribution in [0.3, 0.4) is 0 Å². The van der Waals surface area contributed by atoms with Crippen molar-refractivity contribution in [2.45, 2.75) is 19.5 Å². The molecule has 18 heavy (non-hydrogen) atoms. The molecule has 108 valence electrons. The van der Waals surface area contributed by atoms with Gasteiger partial charge < -0.3 is 15.1 Å². The van der Waals surface area contributed by atoms with Crippen LogP contribution in [0, 0.1) is 0 Å². The average Bonchev–Trinajstić information content (AvgIpc) is 2.22. The lowest BCUT2D eigenvalue weighted by atomic mass is 10.3. The number of nitrogens with one attached hydrogen (secondary N) is 1. The molecular formula is C11H22F3N3O. The number of alkyl halides is 3. The van der Waals surface area contributed by atoms with Crippen molar-refractivity contribution in [2.24, 2.45) is 0 Å². The number of hydrogen-bond donors (Lipinski definition) is 1. The number of carbonyl (C=O) groups excluding carboxylic acids is 1. The molecule has 0 aliphatic heterocycles. The summed E-state index contributed by atoms with van der Waals surface area (Å²) < 4.78 is 35.7. The molecule has 0 aromatic carbocycles. The van der Waals surface area contributed by atoms with Crippen molar-refractivity contribution in [1.82, 2.24) is 15.1 Å². The first-order valence-corrected chi connectivity index (χ1v) is 5.96. The first-order valence-electron chi connectivity index (χ1n) is 5.96. The minimum Gasteiger partial charge on any atom is -0.342 e. The van der Waals surface area contributed by atoms with Gasteiger partial charge in [-0.1, -0.05) is 0 Å². The summed E-state index contributed by atoms with van der Waals surface area (Å²) in [7, 11) is 3.87. The largest absolute Gasteiger partial charge is 0.401 e. The summed E-state index contributed by atoms with van der Waals surface area (Å²) in [6, 6.07) is 0. The van der Waals surface area contributed by atoms with Gasteiger partial charge in [-0.15, -0.1) is 0 Å². The van der Waals surface area contributed by atoms with Gasteiger partial charge in [0, 0.05) is 13.1 Å². The lowest BCUT2D eigenvalue weighted by molar-refractivity contribution is -0.134. The van der Waals surface area contributed by atoms with Crippen molar-refractivity contribution in [3.63, 3.8) is 0 Å². The van der Waals surface area contributed by atoms with E-state index in [4.69, 9.17) is 0 Å². The summed E-state index contributed by atoms with van der Waals surface area (Å²) >= 11 is 0. The number of carbonyl (C=O) groups is 1. The van der Waals surface area contributed by atoms with Gasteiger partial charge in [-0.2, -0.15) is 13.2 Å². The normalized spacial score (nSPS) is 11.9. The molecule has 1 N–H and O–H groups in total. The van der Waals surface area contributed by atoms with Crippen LogP contribution in [0.15, 0.2) is 0 Å². The first kappa shape index (κ1) is 17.2. The zero-order valence-corrected chi connectivity index (χ0v) is 11.2. The first-order chi connectivity index (χ1) is 8.26. The molecule has 0 aliphatic carbocycles. The predicted molar refractivity (Wildman–Crippen MR) is 64.3 cm³/mol. The maximum Gasteiger partial charge on any atom is 0.401 e. The predicted octanol–water partition coefficient (Wildman–Crippen LogP) is 0.938. The average molecular weight is 269 g/mol. The SMILES string of the molecule is CCN(CCCN(C)C)C(=O)CNCC(F)(F)F. The smallest absolute Gasteiger partial charge is 0.342 e. The van der Waals surface area contributed by atoms with E-state index in [1.165, 1.54) is 0 Å². The van der Waals surface area contributed by atoms with Gasteiger partial charge in [-0.05, 0) is 34.0 Å². The topological polar surface area (TPSA) is 35.6 Å². The second kappa shape index (κ2) is 8.31. The number of hydrogen-bond acceptors (Lipinski definition) is 3. The minimum atomic E-state index is -4.28. The highest BCUT2D eigenvalue weighted by atomic mass is 19.4. The molecular weight excluding hydrogens is 247 g/mol. The Hall–Kier alpha value is -0.820. The molecule has 0 heterocycles. The quantitative estimate of drug-likeness (QED) is 0.712. The number of amides is 1. The van der Waals surface area contributed by atoms with Gasteiger partial charge in [-0.25, -0.2) is 0 Å². The minimum absolute atomic E-state index is 0.269. The fraction of sp³-hybridized carbons (Fsp3) is 0.909. The van der Waals surface area contributed by atoms with E-state index in [0.29, 0.717) is 13.1 Å². The van der Waals surface area contributed by atoms with Crippen molar-refractivity contribution < 1.29 is 18.0 Å². The molecule has 1 amide bonds. The Morgan fingerprint density at radius 3 is 2.28 bits per heavy atom. The van der Waals surface area contributed by atoms with E-state index >= 15 is 0 Å². The Morgan fingerprint density at radius 2 is 1.83 bits per heavy atom. The zero-order chi connectivity index (χ0) is 14.2. The van der Waals surface area contributed by atoms with Crippen molar-refractivity contribution in [3.8, 4) is 0 Å². The van der Waals surface area contributed by atoms with Crippen LogP contribution in [-0.4, -0.2) is 68.7 Å². The van der Waals surface area contributed by atoms with Crippen LogP contribution in [0.2, 0.25) is 0 Å². The summed E-state index contributed by atoms with van der Waals surface area (Å²) in [6.07, 6.45) is -3.46. The lowest BCUT2D eigenvalue weighted by Gasteiger charge is -2.22. The van der Waals surface area contributed by atoms with Crippen molar-refractivity contribution in [2.75, 3.05) is 46.8 Å². The summed E-state index contributed by atoms with van der Waals surface area (Å²) in [5.74, 6) is -0.291. The molecule has 0 atom stereocenters. The van der Waals surface area contributed by atoms with Gasteiger partial charge in [0.05, 0.1) is 13.1 Å². The van der Waals surface area contributed by atoms with Gasteiger partial charge in [-0.3, -0.25) is 4.79 Å². The van der Waals surface area contributed by atoms with Gasteiger partial charge in [0.25, 0.3) is 0 Å². The second-order valence-electron chi connectivity index (χ2n) is 4.35. The van der Waals surface area contributed by atoms with Crippen LogP contribution in [0.5, 0.6) is 0 Å². The van der Waals surface area contributed by atoms with Crippen LogP contribution in [0.4, 0.5) is 13.2 Å². The van der Waals surface area contributed by atoms with E-state index in [1.54, 1.807) is 4.90 Å². The number of likely N-dealkylation sites (N-methyl/N-ethyl adjacent to an activating group) is 1. The zero-order valence-electron chi connectivity index (χ0n) is 11.2.